The zero-order chi connectivity index (χ0) is 17.1. The fourth-order valence-corrected chi connectivity index (χ4v) is 4.82. The van der Waals surface area contributed by atoms with Gasteiger partial charge in [-0.05, 0) is 56.3 Å². The second-order valence-corrected chi connectivity index (χ2v) is 8.19. The van der Waals surface area contributed by atoms with Gasteiger partial charge in [-0.15, -0.1) is 0 Å². The molecule has 3 unspecified atom stereocenters. The van der Waals surface area contributed by atoms with Crippen LogP contribution in [0.15, 0.2) is 11.8 Å². The molecule has 3 aliphatic rings. The molecule has 0 bridgehead atoms. The summed E-state index contributed by atoms with van der Waals surface area (Å²) in [4.78, 5) is 29.1. The number of carbonyl (C=O) groups is 2. The van der Waals surface area contributed by atoms with Crippen LogP contribution in [0.3, 0.4) is 0 Å². The quantitative estimate of drug-likeness (QED) is 0.792. The Bertz CT molecular complexity index is 504. The molecule has 0 radical (unpaired) electrons. The molecule has 2 amide bonds. The van der Waals surface area contributed by atoms with E-state index in [1.807, 2.05) is 9.80 Å². The predicted molar refractivity (Wildman–Crippen MR) is 95.1 cm³/mol. The number of carbonyl (C=O) groups excluding carboxylic acids is 2. The van der Waals surface area contributed by atoms with E-state index in [2.05, 4.69) is 19.9 Å². The van der Waals surface area contributed by atoms with Crippen LogP contribution in [0.25, 0.3) is 0 Å². The molecule has 3 rings (SSSR count). The van der Waals surface area contributed by atoms with Gasteiger partial charge in [0.05, 0.1) is 0 Å². The lowest BCUT2D eigenvalue weighted by Crippen LogP contribution is -2.43. The van der Waals surface area contributed by atoms with Crippen LogP contribution >= 0.6 is 0 Å². The van der Waals surface area contributed by atoms with Crippen molar-refractivity contribution in [1.29, 1.82) is 0 Å². The van der Waals surface area contributed by atoms with E-state index < -0.39 is 0 Å². The molecule has 24 heavy (non-hydrogen) atoms. The molecule has 2 aliphatic heterocycles. The van der Waals surface area contributed by atoms with E-state index >= 15 is 0 Å². The molecule has 0 aromatic carbocycles. The second kappa shape index (κ2) is 7.71. The normalized spacial score (nSPS) is 30.6. The second-order valence-electron chi connectivity index (χ2n) is 8.19. The van der Waals surface area contributed by atoms with Gasteiger partial charge in [-0.25, -0.2) is 0 Å². The van der Waals surface area contributed by atoms with Crippen molar-refractivity contribution >= 4 is 11.8 Å². The van der Waals surface area contributed by atoms with Gasteiger partial charge in [-0.2, -0.15) is 0 Å². The molecule has 134 valence electrons. The summed E-state index contributed by atoms with van der Waals surface area (Å²) in [6, 6.07) is 0. The minimum atomic E-state index is 0.152. The van der Waals surface area contributed by atoms with E-state index in [-0.39, 0.29) is 11.8 Å². The van der Waals surface area contributed by atoms with Crippen molar-refractivity contribution in [1.82, 2.24) is 9.80 Å². The number of rotatable bonds is 3. The molecule has 2 fully saturated rings. The number of fused-ring (bicyclic) bond motifs is 1. The maximum atomic E-state index is 12.7. The number of likely N-dealkylation sites (tertiary alicyclic amines) is 2. The molecule has 2 heterocycles. The van der Waals surface area contributed by atoms with E-state index in [9.17, 15) is 9.59 Å². The summed E-state index contributed by atoms with van der Waals surface area (Å²) in [7, 11) is 0. The first-order chi connectivity index (χ1) is 11.5. The Kier molecular flexibility index (Phi) is 5.62. The van der Waals surface area contributed by atoms with Crippen molar-refractivity contribution in [3.05, 3.63) is 11.8 Å². The van der Waals surface area contributed by atoms with E-state index in [1.54, 1.807) is 0 Å². The Morgan fingerprint density at radius 2 is 1.71 bits per heavy atom. The Balaban J connectivity index is 1.53. The molecule has 4 heteroatoms. The van der Waals surface area contributed by atoms with Gasteiger partial charge in [-0.1, -0.05) is 19.9 Å². The maximum Gasteiger partial charge on any atom is 0.227 e. The molecule has 0 spiro atoms. The van der Waals surface area contributed by atoms with Crippen molar-refractivity contribution in [2.45, 2.75) is 65.2 Å². The molecular weight excluding hydrogens is 300 g/mol. The summed E-state index contributed by atoms with van der Waals surface area (Å²) in [6.07, 6.45) is 10.1. The van der Waals surface area contributed by atoms with Crippen LogP contribution in [0.2, 0.25) is 0 Å². The number of piperidine rings is 2. The monoisotopic (exact) mass is 332 g/mol. The molecule has 1 aliphatic carbocycles. The van der Waals surface area contributed by atoms with Crippen LogP contribution in [-0.4, -0.2) is 41.2 Å². The highest BCUT2D eigenvalue weighted by Gasteiger charge is 2.31. The highest BCUT2D eigenvalue weighted by Crippen LogP contribution is 2.35. The minimum Gasteiger partial charge on any atom is -0.342 e. The topological polar surface area (TPSA) is 40.6 Å². The van der Waals surface area contributed by atoms with Gasteiger partial charge in [0.25, 0.3) is 0 Å². The summed E-state index contributed by atoms with van der Waals surface area (Å²) in [5, 5.41) is 0. The molecule has 0 saturated carbocycles. The molecule has 0 aromatic rings. The lowest BCUT2D eigenvalue weighted by molar-refractivity contribution is -0.138. The Labute approximate surface area is 146 Å². The Morgan fingerprint density at radius 1 is 1.04 bits per heavy atom. The van der Waals surface area contributed by atoms with Crippen molar-refractivity contribution in [2.24, 2.45) is 17.8 Å². The van der Waals surface area contributed by atoms with E-state index in [0.717, 1.165) is 32.5 Å². The highest BCUT2D eigenvalue weighted by molar-refractivity contribution is 5.85. The first-order valence-electron chi connectivity index (χ1n) is 9.82. The van der Waals surface area contributed by atoms with E-state index in [1.165, 1.54) is 31.4 Å². The van der Waals surface area contributed by atoms with E-state index in [4.69, 9.17) is 0 Å². The Morgan fingerprint density at radius 3 is 2.46 bits per heavy atom. The van der Waals surface area contributed by atoms with Gasteiger partial charge in [0.15, 0.2) is 0 Å². The number of nitrogens with zero attached hydrogens (tertiary/aromatic N) is 2. The van der Waals surface area contributed by atoms with Crippen molar-refractivity contribution in [2.75, 3.05) is 19.6 Å². The van der Waals surface area contributed by atoms with Crippen LogP contribution in [0.1, 0.15) is 65.2 Å². The lowest BCUT2D eigenvalue weighted by atomic mass is 9.85. The summed E-state index contributed by atoms with van der Waals surface area (Å²) in [6.45, 7) is 6.98. The van der Waals surface area contributed by atoms with Gasteiger partial charge in [-0.3, -0.25) is 9.59 Å². The zero-order valence-corrected chi connectivity index (χ0v) is 15.3. The summed E-state index contributed by atoms with van der Waals surface area (Å²) in [5.74, 6) is 2.04. The van der Waals surface area contributed by atoms with E-state index in [0.29, 0.717) is 30.6 Å². The first kappa shape index (κ1) is 17.5. The largest absolute Gasteiger partial charge is 0.342 e. The maximum absolute atomic E-state index is 12.7. The zero-order valence-electron chi connectivity index (χ0n) is 15.3. The molecule has 3 atom stereocenters. The molecule has 4 nitrogen and oxygen atoms in total. The molecule has 0 N–H and O–H groups in total. The predicted octanol–water partition coefficient (Wildman–Crippen LogP) is 3.58. The van der Waals surface area contributed by atoms with Crippen LogP contribution in [0.5, 0.6) is 0 Å². The highest BCUT2D eigenvalue weighted by atomic mass is 16.2. The molecule has 0 aromatic heterocycles. The number of hydrogen-bond donors (Lipinski definition) is 0. The molecular formula is C20H32N2O2. The third-order valence-corrected chi connectivity index (χ3v) is 5.85. The fourth-order valence-electron chi connectivity index (χ4n) is 4.82. The van der Waals surface area contributed by atoms with Crippen molar-refractivity contribution in [3.8, 4) is 0 Å². The summed E-state index contributed by atoms with van der Waals surface area (Å²) in [5.41, 5.74) is 1.25. The Hall–Kier alpha value is -1.32. The summed E-state index contributed by atoms with van der Waals surface area (Å²) < 4.78 is 0. The lowest BCUT2D eigenvalue weighted by Gasteiger charge is -2.38. The number of hydrogen-bond acceptors (Lipinski definition) is 2. The summed E-state index contributed by atoms with van der Waals surface area (Å²) >= 11 is 0. The first-order valence-corrected chi connectivity index (χ1v) is 9.82. The van der Waals surface area contributed by atoms with Gasteiger partial charge in [0.1, 0.15) is 0 Å². The minimum absolute atomic E-state index is 0.152. The average Bonchev–Trinajstić information content (AvgIpc) is 2.58. The van der Waals surface area contributed by atoms with Crippen molar-refractivity contribution in [3.63, 3.8) is 0 Å². The third kappa shape index (κ3) is 4.01. The standard InChI is InChI=1S/C20H32N2O2/c1-15-12-16(2)14-21(13-15)19(23)9-10-20(24)22-11-5-7-17-6-3-4-8-18(17)22/h8,15-17H,3-7,9-14H2,1-2H3. The van der Waals surface area contributed by atoms with Gasteiger partial charge < -0.3 is 9.80 Å². The average molecular weight is 332 g/mol. The van der Waals surface area contributed by atoms with Crippen LogP contribution < -0.4 is 0 Å². The van der Waals surface area contributed by atoms with Crippen LogP contribution in [0.4, 0.5) is 0 Å². The van der Waals surface area contributed by atoms with Gasteiger partial charge in [0, 0.05) is 38.2 Å². The number of amides is 2. The van der Waals surface area contributed by atoms with Gasteiger partial charge in [0.2, 0.25) is 11.8 Å². The van der Waals surface area contributed by atoms with Crippen molar-refractivity contribution < 1.29 is 9.59 Å². The number of allylic oxidation sites excluding steroid dienone is 2. The fraction of sp³-hybridized carbons (Fsp3) is 0.800. The van der Waals surface area contributed by atoms with Crippen LogP contribution in [0, 0.1) is 17.8 Å². The third-order valence-electron chi connectivity index (χ3n) is 5.85. The molecule has 2 saturated heterocycles. The van der Waals surface area contributed by atoms with Gasteiger partial charge >= 0.3 is 0 Å². The smallest absolute Gasteiger partial charge is 0.227 e. The van der Waals surface area contributed by atoms with Crippen LogP contribution in [-0.2, 0) is 9.59 Å². The SMILES string of the molecule is CC1CC(C)CN(C(=O)CCC(=O)N2CCCC3CCCC=C32)C1.